The third-order valence-electron chi connectivity index (χ3n) is 1.84. The van der Waals surface area contributed by atoms with Crippen LogP contribution in [0, 0.1) is 0 Å². The molecule has 2 atom stereocenters. The van der Waals surface area contributed by atoms with Crippen molar-refractivity contribution in [3.63, 3.8) is 0 Å². The van der Waals surface area contributed by atoms with E-state index in [0.717, 1.165) is 4.90 Å². The molecule has 2 N–H and O–H groups in total. The number of thioether (sulfide) groups is 1. The quantitative estimate of drug-likeness (QED) is 0.732. The van der Waals surface area contributed by atoms with E-state index < -0.39 is 0 Å². The number of phenols is 1. The van der Waals surface area contributed by atoms with Crippen molar-refractivity contribution in [2.24, 2.45) is 0 Å². The van der Waals surface area contributed by atoms with Crippen LogP contribution in [0.15, 0.2) is 29.2 Å². The van der Waals surface area contributed by atoms with Crippen LogP contribution in [0.4, 0.5) is 0 Å². The minimum atomic E-state index is -0.321. The van der Waals surface area contributed by atoms with Gasteiger partial charge in [0, 0.05) is 10.1 Å². The fourth-order valence-electron chi connectivity index (χ4n) is 0.838. The summed E-state index contributed by atoms with van der Waals surface area (Å²) in [6.07, 6.45) is -0.321. The number of aromatic hydroxyl groups is 1. The fourth-order valence-corrected chi connectivity index (χ4v) is 1.76. The van der Waals surface area contributed by atoms with Gasteiger partial charge in [0.25, 0.3) is 0 Å². The molecule has 0 aliphatic heterocycles. The second kappa shape index (κ2) is 4.53. The van der Waals surface area contributed by atoms with Crippen molar-refractivity contribution >= 4 is 11.8 Å². The summed E-state index contributed by atoms with van der Waals surface area (Å²) in [5, 5.41) is 18.5. The molecule has 13 heavy (non-hydrogen) atoms. The summed E-state index contributed by atoms with van der Waals surface area (Å²) in [4.78, 5) is 1.06. The van der Waals surface area contributed by atoms with Gasteiger partial charge in [-0.3, -0.25) is 0 Å². The zero-order valence-corrected chi connectivity index (χ0v) is 8.58. The first-order valence-electron chi connectivity index (χ1n) is 4.23. The van der Waals surface area contributed by atoms with Gasteiger partial charge < -0.3 is 10.2 Å². The molecule has 0 amide bonds. The molecular weight excluding hydrogens is 184 g/mol. The predicted molar refractivity (Wildman–Crippen MR) is 55.1 cm³/mol. The van der Waals surface area contributed by atoms with Gasteiger partial charge in [0.05, 0.1) is 6.10 Å². The molecule has 0 bridgehead atoms. The van der Waals surface area contributed by atoms with E-state index in [1.165, 1.54) is 0 Å². The number of rotatable bonds is 3. The normalized spacial score (nSPS) is 15.3. The molecule has 0 aliphatic rings. The molecule has 0 radical (unpaired) electrons. The van der Waals surface area contributed by atoms with Gasteiger partial charge in [0.1, 0.15) is 5.75 Å². The van der Waals surface area contributed by atoms with Gasteiger partial charge in [0.15, 0.2) is 0 Å². The highest BCUT2D eigenvalue weighted by Gasteiger charge is 2.09. The van der Waals surface area contributed by atoms with Gasteiger partial charge in [-0.1, -0.05) is 6.92 Å². The first kappa shape index (κ1) is 10.4. The maximum atomic E-state index is 9.27. The molecular formula is C10H14O2S. The number of benzene rings is 1. The van der Waals surface area contributed by atoms with Crippen molar-refractivity contribution < 1.29 is 10.2 Å². The van der Waals surface area contributed by atoms with E-state index in [9.17, 15) is 5.11 Å². The van der Waals surface area contributed by atoms with E-state index in [-0.39, 0.29) is 17.1 Å². The lowest BCUT2D eigenvalue weighted by atomic mass is 10.3. The number of aliphatic hydroxyl groups excluding tert-OH is 1. The van der Waals surface area contributed by atoms with Crippen LogP contribution in [-0.2, 0) is 0 Å². The minimum Gasteiger partial charge on any atom is -0.508 e. The Balaban J connectivity index is 2.59. The van der Waals surface area contributed by atoms with Crippen LogP contribution in [0.5, 0.6) is 5.75 Å². The Morgan fingerprint density at radius 3 is 2.15 bits per heavy atom. The van der Waals surface area contributed by atoms with Crippen LogP contribution in [0.3, 0.4) is 0 Å². The van der Waals surface area contributed by atoms with Crippen molar-refractivity contribution in [2.75, 3.05) is 0 Å². The van der Waals surface area contributed by atoms with Gasteiger partial charge >= 0.3 is 0 Å². The van der Waals surface area contributed by atoms with Crippen molar-refractivity contribution in [3.05, 3.63) is 24.3 Å². The molecule has 3 heteroatoms. The fraction of sp³-hybridized carbons (Fsp3) is 0.400. The smallest absolute Gasteiger partial charge is 0.115 e. The standard InChI is InChI=1S/C10H14O2S/c1-7(11)8(2)13-10-5-3-9(12)4-6-10/h3-8,11-12H,1-2H3. The summed E-state index contributed by atoms with van der Waals surface area (Å²) in [6.45, 7) is 3.75. The van der Waals surface area contributed by atoms with E-state index >= 15 is 0 Å². The Morgan fingerprint density at radius 1 is 1.15 bits per heavy atom. The lowest BCUT2D eigenvalue weighted by Crippen LogP contribution is -2.14. The third-order valence-corrected chi connectivity index (χ3v) is 3.15. The second-order valence-electron chi connectivity index (χ2n) is 3.06. The van der Waals surface area contributed by atoms with Crippen molar-refractivity contribution in [3.8, 4) is 5.75 Å². The van der Waals surface area contributed by atoms with Crippen molar-refractivity contribution in [2.45, 2.75) is 30.1 Å². The van der Waals surface area contributed by atoms with Crippen LogP contribution in [-0.4, -0.2) is 21.6 Å². The van der Waals surface area contributed by atoms with Gasteiger partial charge in [-0.15, -0.1) is 11.8 Å². The Hall–Kier alpha value is -0.670. The zero-order chi connectivity index (χ0) is 9.84. The number of phenolic OH excluding ortho intramolecular Hbond substituents is 1. The van der Waals surface area contributed by atoms with Crippen LogP contribution in [0.1, 0.15) is 13.8 Å². The number of hydrogen-bond donors (Lipinski definition) is 2. The SMILES string of the molecule is CC(O)C(C)Sc1ccc(O)cc1. The molecule has 0 aromatic heterocycles. The Bertz CT molecular complexity index is 256. The molecule has 1 aromatic rings. The lowest BCUT2D eigenvalue weighted by Gasteiger charge is -2.13. The Labute approximate surface area is 82.6 Å². The first-order valence-corrected chi connectivity index (χ1v) is 5.11. The predicted octanol–water partition coefficient (Wildman–Crippen LogP) is 2.25. The zero-order valence-electron chi connectivity index (χ0n) is 7.77. The van der Waals surface area contributed by atoms with E-state index in [1.807, 2.05) is 19.1 Å². The van der Waals surface area contributed by atoms with E-state index in [4.69, 9.17) is 5.11 Å². The largest absolute Gasteiger partial charge is 0.508 e. The monoisotopic (exact) mass is 198 g/mol. The summed E-state index contributed by atoms with van der Waals surface area (Å²) < 4.78 is 0. The summed E-state index contributed by atoms with van der Waals surface area (Å²) in [5.74, 6) is 0.272. The molecule has 1 aromatic carbocycles. The van der Waals surface area contributed by atoms with Gasteiger partial charge in [-0.25, -0.2) is 0 Å². The van der Waals surface area contributed by atoms with Gasteiger partial charge in [-0.2, -0.15) is 0 Å². The highest BCUT2D eigenvalue weighted by atomic mass is 32.2. The maximum Gasteiger partial charge on any atom is 0.115 e. The topological polar surface area (TPSA) is 40.5 Å². The van der Waals surface area contributed by atoms with Gasteiger partial charge in [-0.05, 0) is 31.2 Å². The Kier molecular flexibility index (Phi) is 3.63. The van der Waals surface area contributed by atoms with Crippen LogP contribution < -0.4 is 0 Å². The molecule has 2 unspecified atom stereocenters. The third kappa shape index (κ3) is 3.28. The summed E-state index contributed by atoms with van der Waals surface area (Å²) in [6, 6.07) is 6.99. The first-order chi connectivity index (χ1) is 6.09. The van der Waals surface area contributed by atoms with Crippen molar-refractivity contribution in [1.29, 1.82) is 0 Å². The van der Waals surface area contributed by atoms with Crippen LogP contribution >= 0.6 is 11.8 Å². The summed E-state index contributed by atoms with van der Waals surface area (Å²) in [7, 11) is 0. The van der Waals surface area contributed by atoms with E-state index in [0.29, 0.717) is 0 Å². The molecule has 1 rings (SSSR count). The lowest BCUT2D eigenvalue weighted by molar-refractivity contribution is 0.196. The average Bonchev–Trinajstić information content (AvgIpc) is 2.08. The summed E-state index contributed by atoms with van der Waals surface area (Å²) >= 11 is 1.60. The molecule has 0 heterocycles. The molecule has 0 aliphatic carbocycles. The number of hydrogen-bond acceptors (Lipinski definition) is 3. The maximum absolute atomic E-state index is 9.27. The summed E-state index contributed by atoms with van der Waals surface area (Å²) in [5.41, 5.74) is 0. The highest BCUT2D eigenvalue weighted by Crippen LogP contribution is 2.26. The molecule has 2 nitrogen and oxygen atoms in total. The second-order valence-corrected chi connectivity index (χ2v) is 4.51. The molecule has 0 saturated heterocycles. The van der Waals surface area contributed by atoms with Gasteiger partial charge in [0.2, 0.25) is 0 Å². The van der Waals surface area contributed by atoms with Crippen LogP contribution in [0.25, 0.3) is 0 Å². The Morgan fingerprint density at radius 2 is 1.69 bits per heavy atom. The van der Waals surface area contributed by atoms with E-state index in [1.54, 1.807) is 30.8 Å². The molecule has 0 fully saturated rings. The van der Waals surface area contributed by atoms with Crippen molar-refractivity contribution in [1.82, 2.24) is 0 Å². The molecule has 0 spiro atoms. The number of aliphatic hydroxyl groups is 1. The van der Waals surface area contributed by atoms with Crippen LogP contribution in [0.2, 0.25) is 0 Å². The average molecular weight is 198 g/mol. The van der Waals surface area contributed by atoms with E-state index in [2.05, 4.69) is 0 Å². The minimum absolute atomic E-state index is 0.171. The highest BCUT2D eigenvalue weighted by molar-refractivity contribution is 8.00. The molecule has 0 saturated carbocycles. The molecule has 72 valence electrons.